The van der Waals surface area contributed by atoms with Gasteiger partial charge < -0.3 is 16.3 Å². The molecule has 0 spiro atoms. The SMILES string of the molecule is CCCC(NC(=O)CC(N)=NO)c1cccs1. The topological polar surface area (TPSA) is 87.7 Å². The summed E-state index contributed by atoms with van der Waals surface area (Å²) >= 11 is 1.61. The van der Waals surface area contributed by atoms with E-state index in [0.717, 1.165) is 17.7 Å². The summed E-state index contributed by atoms with van der Waals surface area (Å²) in [6.45, 7) is 2.07. The number of carbonyl (C=O) groups excluding carboxylic acids is 1. The molecule has 5 nitrogen and oxygen atoms in total. The lowest BCUT2D eigenvalue weighted by Gasteiger charge is -2.16. The van der Waals surface area contributed by atoms with E-state index in [1.807, 2.05) is 17.5 Å². The summed E-state index contributed by atoms with van der Waals surface area (Å²) in [7, 11) is 0. The van der Waals surface area contributed by atoms with Gasteiger partial charge in [0.15, 0.2) is 0 Å². The Labute approximate surface area is 104 Å². The molecular weight excluding hydrogens is 238 g/mol. The van der Waals surface area contributed by atoms with E-state index in [2.05, 4.69) is 17.4 Å². The Hall–Kier alpha value is -1.56. The van der Waals surface area contributed by atoms with Gasteiger partial charge in [0.2, 0.25) is 5.91 Å². The second kappa shape index (κ2) is 6.90. The molecule has 0 radical (unpaired) electrons. The van der Waals surface area contributed by atoms with Gasteiger partial charge in [0.1, 0.15) is 5.84 Å². The van der Waals surface area contributed by atoms with Crippen LogP contribution in [0.15, 0.2) is 22.7 Å². The maximum absolute atomic E-state index is 11.6. The van der Waals surface area contributed by atoms with Gasteiger partial charge in [0, 0.05) is 4.88 Å². The van der Waals surface area contributed by atoms with Gasteiger partial charge in [-0.3, -0.25) is 4.79 Å². The zero-order valence-corrected chi connectivity index (χ0v) is 10.5. The monoisotopic (exact) mass is 255 g/mol. The molecule has 0 bridgehead atoms. The molecule has 6 heteroatoms. The maximum atomic E-state index is 11.6. The van der Waals surface area contributed by atoms with Gasteiger partial charge in [0.25, 0.3) is 0 Å². The average molecular weight is 255 g/mol. The van der Waals surface area contributed by atoms with E-state index >= 15 is 0 Å². The lowest BCUT2D eigenvalue weighted by atomic mass is 10.1. The minimum absolute atomic E-state index is 0.0130. The zero-order valence-electron chi connectivity index (χ0n) is 9.72. The fraction of sp³-hybridized carbons (Fsp3) is 0.455. The summed E-state index contributed by atoms with van der Waals surface area (Å²) in [5.74, 6) is -0.309. The molecule has 0 fully saturated rings. The first-order chi connectivity index (χ1) is 8.17. The number of hydrogen-bond donors (Lipinski definition) is 3. The number of thiophene rings is 1. The molecule has 0 aliphatic heterocycles. The molecule has 1 amide bonds. The molecule has 1 atom stereocenters. The summed E-state index contributed by atoms with van der Waals surface area (Å²) < 4.78 is 0. The van der Waals surface area contributed by atoms with Crippen molar-refractivity contribution in [3.63, 3.8) is 0 Å². The first kappa shape index (κ1) is 13.5. The largest absolute Gasteiger partial charge is 0.409 e. The highest BCUT2D eigenvalue weighted by Gasteiger charge is 2.15. The van der Waals surface area contributed by atoms with Crippen molar-refractivity contribution in [3.8, 4) is 0 Å². The molecule has 0 aromatic carbocycles. The Morgan fingerprint density at radius 2 is 2.47 bits per heavy atom. The standard InChI is InChI=1S/C11H17N3O2S/c1-2-4-8(9-5-3-6-17-9)13-11(15)7-10(12)14-16/h3,5-6,8,16H,2,4,7H2,1H3,(H2,12,14)(H,13,15). The van der Waals surface area contributed by atoms with Crippen molar-refractivity contribution in [1.82, 2.24) is 5.32 Å². The number of hydrogen-bond acceptors (Lipinski definition) is 4. The Bertz CT molecular complexity index is 376. The molecule has 1 aromatic rings. The fourth-order valence-corrected chi connectivity index (χ4v) is 2.32. The summed E-state index contributed by atoms with van der Waals surface area (Å²) in [5.41, 5.74) is 5.28. The number of carbonyl (C=O) groups is 1. The van der Waals surface area contributed by atoms with E-state index in [4.69, 9.17) is 10.9 Å². The molecule has 4 N–H and O–H groups in total. The van der Waals surface area contributed by atoms with Crippen LogP contribution in [-0.4, -0.2) is 17.0 Å². The molecule has 1 aromatic heterocycles. The van der Waals surface area contributed by atoms with Crippen molar-refractivity contribution < 1.29 is 10.0 Å². The Balaban J connectivity index is 2.58. The van der Waals surface area contributed by atoms with Crippen LogP contribution in [0.2, 0.25) is 0 Å². The Kier molecular flexibility index (Phi) is 5.48. The second-order valence-corrected chi connectivity index (χ2v) is 4.67. The van der Waals surface area contributed by atoms with E-state index in [1.165, 1.54) is 0 Å². The minimum Gasteiger partial charge on any atom is -0.409 e. The van der Waals surface area contributed by atoms with Gasteiger partial charge in [-0.15, -0.1) is 11.3 Å². The molecule has 94 valence electrons. The predicted octanol–water partition coefficient (Wildman–Crippen LogP) is 1.84. The number of amidine groups is 1. The van der Waals surface area contributed by atoms with Crippen molar-refractivity contribution in [1.29, 1.82) is 0 Å². The van der Waals surface area contributed by atoms with Crippen LogP contribution in [0.3, 0.4) is 0 Å². The van der Waals surface area contributed by atoms with Crippen molar-refractivity contribution in [2.75, 3.05) is 0 Å². The number of nitrogens with one attached hydrogen (secondary N) is 1. The van der Waals surface area contributed by atoms with Crippen molar-refractivity contribution in [2.45, 2.75) is 32.2 Å². The van der Waals surface area contributed by atoms with Gasteiger partial charge in [-0.1, -0.05) is 24.6 Å². The van der Waals surface area contributed by atoms with Crippen LogP contribution < -0.4 is 11.1 Å². The molecule has 0 aliphatic carbocycles. The van der Waals surface area contributed by atoms with E-state index < -0.39 is 0 Å². The summed E-state index contributed by atoms with van der Waals surface area (Å²) in [6.07, 6.45) is 1.77. The quantitative estimate of drug-likeness (QED) is 0.314. The summed E-state index contributed by atoms with van der Waals surface area (Å²) in [6, 6.07) is 3.96. The number of amides is 1. The third-order valence-corrected chi connectivity index (χ3v) is 3.26. The molecule has 1 unspecified atom stereocenters. The van der Waals surface area contributed by atoms with Gasteiger partial charge in [-0.2, -0.15) is 0 Å². The highest BCUT2D eigenvalue weighted by Crippen LogP contribution is 2.23. The molecule has 0 aliphatic rings. The third-order valence-electron chi connectivity index (χ3n) is 2.27. The van der Waals surface area contributed by atoms with Crippen molar-refractivity contribution >= 4 is 23.1 Å². The Morgan fingerprint density at radius 1 is 1.71 bits per heavy atom. The first-order valence-electron chi connectivity index (χ1n) is 5.46. The van der Waals surface area contributed by atoms with Crippen LogP contribution in [-0.2, 0) is 4.79 Å². The lowest BCUT2D eigenvalue weighted by Crippen LogP contribution is -2.31. The number of nitrogens with zero attached hydrogens (tertiary/aromatic N) is 1. The third kappa shape index (κ3) is 4.44. The highest BCUT2D eigenvalue weighted by molar-refractivity contribution is 7.10. The van der Waals surface area contributed by atoms with Crippen LogP contribution in [0, 0.1) is 0 Å². The summed E-state index contributed by atoms with van der Waals surface area (Å²) in [4.78, 5) is 12.7. The summed E-state index contributed by atoms with van der Waals surface area (Å²) in [5, 5.41) is 16.0. The zero-order chi connectivity index (χ0) is 12.7. The molecule has 1 rings (SSSR count). The van der Waals surface area contributed by atoms with E-state index in [0.29, 0.717) is 0 Å². The molecule has 0 saturated heterocycles. The minimum atomic E-state index is -0.229. The van der Waals surface area contributed by atoms with E-state index in [9.17, 15) is 4.79 Å². The smallest absolute Gasteiger partial charge is 0.228 e. The maximum Gasteiger partial charge on any atom is 0.228 e. The number of oxime groups is 1. The van der Waals surface area contributed by atoms with E-state index in [-0.39, 0.29) is 24.2 Å². The molecular formula is C11H17N3O2S. The van der Waals surface area contributed by atoms with Gasteiger partial charge in [-0.25, -0.2) is 0 Å². The van der Waals surface area contributed by atoms with Gasteiger partial charge in [0.05, 0.1) is 12.5 Å². The van der Waals surface area contributed by atoms with Crippen LogP contribution in [0.25, 0.3) is 0 Å². The van der Waals surface area contributed by atoms with Crippen molar-refractivity contribution in [3.05, 3.63) is 22.4 Å². The normalized spacial score (nSPS) is 13.4. The predicted molar refractivity (Wildman–Crippen MR) is 68.1 cm³/mol. The fourth-order valence-electron chi connectivity index (χ4n) is 1.51. The van der Waals surface area contributed by atoms with Gasteiger partial charge in [-0.05, 0) is 17.9 Å². The van der Waals surface area contributed by atoms with Crippen LogP contribution in [0.5, 0.6) is 0 Å². The van der Waals surface area contributed by atoms with Crippen molar-refractivity contribution in [2.24, 2.45) is 10.9 Å². The molecule has 17 heavy (non-hydrogen) atoms. The molecule has 0 saturated carbocycles. The second-order valence-electron chi connectivity index (χ2n) is 3.69. The number of rotatable bonds is 6. The average Bonchev–Trinajstić information content (AvgIpc) is 2.81. The Morgan fingerprint density at radius 3 is 3.00 bits per heavy atom. The first-order valence-corrected chi connectivity index (χ1v) is 6.34. The highest BCUT2D eigenvalue weighted by atomic mass is 32.1. The van der Waals surface area contributed by atoms with Crippen LogP contribution in [0.1, 0.15) is 37.1 Å². The van der Waals surface area contributed by atoms with E-state index in [1.54, 1.807) is 11.3 Å². The molecule has 1 heterocycles. The van der Waals surface area contributed by atoms with Crippen LogP contribution >= 0.6 is 11.3 Å². The van der Waals surface area contributed by atoms with Crippen LogP contribution in [0.4, 0.5) is 0 Å². The lowest BCUT2D eigenvalue weighted by molar-refractivity contribution is -0.120. The number of nitrogens with two attached hydrogens (primary N) is 1. The van der Waals surface area contributed by atoms with Gasteiger partial charge >= 0.3 is 0 Å².